The van der Waals surface area contributed by atoms with Crippen LogP contribution in [-0.2, 0) is 0 Å². The molecule has 8 heteroatoms. The van der Waals surface area contributed by atoms with E-state index in [-0.39, 0.29) is 17.2 Å². The Bertz CT molecular complexity index is 1180. The van der Waals surface area contributed by atoms with E-state index in [0.29, 0.717) is 16.7 Å². The van der Waals surface area contributed by atoms with Gasteiger partial charge >= 0.3 is 0 Å². The minimum Gasteiger partial charge on any atom is -0.494 e. The van der Waals surface area contributed by atoms with E-state index in [1.165, 1.54) is 7.11 Å². The molecule has 2 heterocycles. The number of para-hydroxylation sites is 2. The van der Waals surface area contributed by atoms with Crippen molar-refractivity contribution in [2.75, 3.05) is 12.5 Å². The minimum absolute atomic E-state index is 0.136. The Morgan fingerprint density at radius 3 is 2.58 bits per heavy atom. The highest BCUT2D eigenvalue weighted by Crippen LogP contribution is 2.29. The molecule has 0 aliphatic carbocycles. The van der Waals surface area contributed by atoms with E-state index >= 15 is 0 Å². The van der Waals surface area contributed by atoms with E-state index in [1.807, 2.05) is 24.3 Å². The van der Waals surface area contributed by atoms with Crippen molar-refractivity contribution in [1.29, 1.82) is 0 Å². The predicted octanol–water partition coefficient (Wildman–Crippen LogP) is 2.17. The lowest BCUT2D eigenvalue weighted by Crippen LogP contribution is -2.31. The molecule has 0 saturated heterocycles. The lowest BCUT2D eigenvalue weighted by molar-refractivity contribution is 0.0955. The highest BCUT2D eigenvalue weighted by molar-refractivity contribution is 6.03. The van der Waals surface area contributed by atoms with Crippen LogP contribution in [0.4, 0.5) is 5.95 Å². The van der Waals surface area contributed by atoms with Crippen molar-refractivity contribution < 1.29 is 9.53 Å². The Balaban J connectivity index is 1.61. The molecular weight excluding hydrogens is 334 g/mol. The molecule has 0 saturated carbocycles. The molecule has 0 bridgehead atoms. The number of ether oxygens (including phenoxy) is 1. The molecular formula is C18H15N5O3. The number of aromatic nitrogens is 3. The Hall–Kier alpha value is -3.81. The third kappa shape index (κ3) is 2.63. The van der Waals surface area contributed by atoms with Crippen LogP contribution in [0.15, 0.2) is 53.3 Å². The number of amides is 1. The quantitative estimate of drug-likeness (QED) is 0.422. The Morgan fingerprint density at radius 1 is 1.04 bits per heavy atom. The molecule has 2 aromatic heterocycles. The fourth-order valence-corrected chi connectivity index (χ4v) is 2.81. The number of fused-ring (bicyclic) bond motifs is 2. The van der Waals surface area contributed by atoms with E-state index in [2.05, 4.69) is 25.8 Å². The number of H-pyrrole nitrogens is 2. The van der Waals surface area contributed by atoms with Gasteiger partial charge < -0.3 is 9.72 Å². The molecule has 8 nitrogen and oxygen atoms in total. The number of rotatable bonds is 4. The molecule has 0 aliphatic heterocycles. The SMILES string of the molecule is COc1c(C(=O)NNc2nc3ccccc3c(=O)[nH]2)[nH]c2ccccc12. The van der Waals surface area contributed by atoms with Crippen LogP contribution in [0, 0.1) is 0 Å². The van der Waals surface area contributed by atoms with Crippen LogP contribution in [0.1, 0.15) is 10.5 Å². The number of aromatic amines is 2. The first-order valence-corrected chi connectivity index (χ1v) is 7.87. The summed E-state index contributed by atoms with van der Waals surface area (Å²) in [6.07, 6.45) is 0. The van der Waals surface area contributed by atoms with Gasteiger partial charge in [-0.3, -0.25) is 25.4 Å². The zero-order valence-corrected chi connectivity index (χ0v) is 13.8. The summed E-state index contributed by atoms with van der Waals surface area (Å²) in [7, 11) is 1.50. The van der Waals surface area contributed by atoms with E-state index in [4.69, 9.17) is 4.74 Å². The molecule has 0 fully saturated rings. The second-order valence-corrected chi connectivity index (χ2v) is 5.59. The summed E-state index contributed by atoms with van der Waals surface area (Å²) in [4.78, 5) is 34.4. The normalized spacial score (nSPS) is 10.8. The van der Waals surface area contributed by atoms with Crippen molar-refractivity contribution >= 4 is 33.7 Å². The highest BCUT2D eigenvalue weighted by atomic mass is 16.5. The summed E-state index contributed by atoms with van der Waals surface area (Å²) >= 11 is 0. The average molecular weight is 349 g/mol. The van der Waals surface area contributed by atoms with Crippen molar-refractivity contribution in [1.82, 2.24) is 20.4 Å². The van der Waals surface area contributed by atoms with Gasteiger partial charge in [-0.1, -0.05) is 24.3 Å². The average Bonchev–Trinajstić information content (AvgIpc) is 3.05. The van der Waals surface area contributed by atoms with Crippen LogP contribution in [0.5, 0.6) is 5.75 Å². The van der Waals surface area contributed by atoms with Gasteiger partial charge in [-0.25, -0.2) is 4.98 Å². The van der Waals surface area contributed by atoms with Crippen LogP contribution in [0.25, 0.3) is 21.8 Å². The van der Waals surface area contributed by atoms with Gasteiger partial charge in [-0.05, 0) is 24.3 Å². The lowest BCUT2D eigenvalue weighted by atomic mass is 10.2. The number of anilines is 1. The maximum absolute atomic E-state index is 12.5. The third-order valence-corrected chi connectivity index (χ3v) is 4.00. The fraction of sp³-hybridized carbons (Fsp3) is 0.0556. The molecule has 2 aromatic carbocycles. The van der Waals surface area contributed by atoms with Crippen molar-refractivity contribution in [2.24, 2.45) is 0 Å². The maximum atomic E-state index is 12.5. The van der Waals surface area contributed by atoms with Crippen molar-refractivity contribution in [3.05, 3.63) is 64.6 Å². The first kappa shape index (κ1) is 15.7. The van der Waals surface area contributed by atoms with Gasteiger partial charge in [0.15, 0.2) is 5.75 Å². The molecule has 4 N–H and O–H groups in total. The van der Waals surface area contributed by atoms with E-state index < -0.39 is 5.91 Å². The smallest absolute Gasteiger partial charge is 0.289 e. The molecule has 1 amide bonds. The molecule has 4 aromatic rings. The molecule has 0 unspecified atom stereocenters. The van der Waals surface area contributed by atoms with Gasteiger partial charge in [0, 0.05) is 10.9 Å². The minimum atomic E-state index is -0.450. The molecule has 0 aliphatic rings. The summed E-state index contributed by atoms with van der Waals surface area (Å²) < 4.78 is 5.36. The predicted molar refractivity (Wildman–Crippen MR) is 98.3 cm³/mol. The van der Waals surface area contributed by atoms with E-state index in [0.717, 1.165) is 10.9 Å². The second-order valence-electron chi connectivity index (χ2n) is 5.59. The Morgan fingerprint density at radius 2 is 1.77 bits per heavy atom. The third-order valence-electron chi connectivity index (χ3n) is 4.00. The highest BCUT2D eigenvalue weighted by Gasteiger charge is 2.18. The summed E-state index contributed by atoms with van der Waals surface area (Å²) in [6, 6.07) is 14.4. The first-order chi connectivity index (χ1) is 12.7. The number of hydrogen-bond acceptors (Lipinski definition) is 5. The number of hydrogen-bond donors (Lipinski definition) is 4. The number of carbonyl (C=O) groups is 1. The molecule has 0 radical (unpaired) electrons. The van der Waals surface area contributed by atoms with Gasteiger partial charge in [0.05, 0.1) is 18.0 Å². The number of carbonyl (C=O) groups excluding carboxylic acids is 1. The first-order valence-electron chi connectivity index (χ1n) is 7.87. The number of hydrazine groups is 1. The number of nitrogens with one attached hydrogen (secondary N) is 4. The van der Waals surface area contributed by atoms with Gasteiger partial charge in [-0.15, -0.1) is 0 Å². The summed E-state index contributed by atoms with van der Waals surface area (Å²) in [5.41, 5.74) is 6.42. The zero-order chi connectivity index (χ0) is 18.1. The zero-order valence-electron chi connectivity index (χ0n) is 13.8. The molecule has 0 spiro atoms. The van der Waals surface area contributed by atoms with Crippen LogP contribution in [0.2, 0.25) is 0 Å². The van der Waals surface area contributed by atoms with Crippen LogP contribution < -0.4 is 21.1 Å². The maximum Gasteiger partial charge on any atom is 0.289 e. The Labute approximate surface area is 147 Å². The summed E-state index contributed by atoms with van der Waals surface area (Å²) in [5.74, 6) is 0.130. The molecule has 0 atom stereocenters. The molecule has 130 valence electrons. The van der Waals surface area contributed by atoms with Crippen molar-refractivity contribution in [3.8, 4) is 5.75 Å². The number of methoxy groups -OCH3 is 1. The monoisotopic (exact) mass is 349 g/mol. The standard InChI is InChI=1S/C18H15N5O3/c1-26-15-10-6-2-4-8-12(10)19-14(15)17(25)22-23-18-20-13-9-5-3-7-11(13)16(24)21-18/h2-9,19H,1H3,(H,22,25)(H2,20,21,23,24). The van der Waals surface area contributed by atoms with Gasteiger partial charge in [0.2, 0.25) is 5.95 Å². The van der Waals surface area contributed by atoms with E-state index in [9.17, 15) is 9.59 Å². The van der Waals surface area contributed by atoms with Crippen molar-refractivity contribution in [2.45, 2.75) is 0 Å². The van der Waals surface area contributed by atoms with Crippen LogP contribution in [-0.4, -0.2) is 28.0 Å². The second kappa shape index (κ2) is 6.25. The topological polar surface area (TPSA) is 112 Å². The summed E-state index contributed by atoms with van der Waals surface area (Å²) in [5, 5.41) is 1.28. The van der Waals surface area contributed by atoms with Gasteiger partial charge in [-0.2, -0.15) is 0 Å². The Kier molecular flexibility index (Phi) is 3.77. The van der Waals surface area contributed by atoms with Crippen LogP contribution >= 0.6 is 0 Å². The number of nitrogens with zero attached hydrogens (tertiary/aromatic N) is 1. The molecule has 26 heavy (non-hydrogen) atoms. The van der Waals surface area contributed by atoms with Crippen molar-refractivity contribution in [3.63, 3.8) is 0 Å². The summed E-state index contributed by atoms with van der Waals surface area (Å²) in [6.45, 7) is 0. The lowest BCUT2D eigenvalue weighted by Gasteiger charge is -2.08. The fourth-order valence-electron chi connectivity index (χ4n) is 2.81. The van der Waals surface area contributed by atoms with Gasteiger partial charge in [0.25, 0.3) is 11.5 Å². The van der Waals surface area contributed by atoms with E-state index in [1.54, 1.807) is 24.3 Å². The number of benzene rings is 2. The molecule has 4 rings (SSSR count). The van der Waals surface area contributed by atoms with Crippen LogP contribution in [0.3, 0.4) is 0 Å². The largest absolute Gasteiger partial charge is 0.494 e. The van der Waals surface area contributed by atoms with Gasteiger partial charge in [0.1, 0.15) is 5.69 Å².